The van der Waals surface area contributed by atoms with Gasteiger partial charge in [-0.05, 0) is 35.3 Å². The first-order chi connectivity index (χ1) is 9.87. The summed E-state index contributed by atoms with van der Waals surface area (Å²) in [4.78, 5) is 11.9. The Bertz CT molecular complexity index is 538. The summed E-state index contributed by atoms with van der Waals surface area (Å²) in [5.74, 6) is 0. The van der Waals surface area contributed by atoms with Crippen molar-refractivity contribution in [2.24, 2.45) is 0 Å². The highest BCUT2D eigenvalue weighted by molar-refractivity contribution is 9.10. The van der Waals surface area contributed by atoms with Crippen molar-refractivity contribution < 1.29 is 13.2 Å². The third-order valence-electron chi connectivity index (χ3n) is 3.22. The molecular weight excluding hydrogens is 353 g/mol. The molecule has 2 rings (SSSR count). The van der Waals surface area contributed by atoms with E-state index in [9.17, 15) is 18.0 Å². The first-order valence-electron chi connectivity index (χ1n) is 6.66. The summed E-state index contributed by atoms with van der Waals surface area (Å²) in [6, 6.07) is 0.128. The third-order valence-corrected chi connectivity index (χ3v) is 3.99. The largest absolute Gasteiger partial charge is 0.408 e. The molecule has 1 atom stereocenters. The highest BCUT2D eigenvalue weighted by Crippen LogP contribution is 2.21. The zero-order valence-corrected chi connectivity index (χ0v) is 12.8. The van der Waals surface area contributed by atoms with Gasteiger partial charge in [0.1, 0.15) is 11.0 Å². The molecule has 0 aliphatic carbocycles. The molecule has 2 N–H and O–H groups in total. The highest BCUT2D eigenvalue weighted by Gasteiger charge is 2.29. The molecule has 0 aromatic carbocycles. The molecule has 5 nitrogen and oxygen atoms in total. The first kappa shape index (κ1) is 16.3. The van der Waals surface area contributed by atoms with Gasteiger partial charge in [-0.25, -0.2) is 4.68 Å². The van der Waals surface area contributed by atoms with Crippen LogP contribution in [0, 0.1) is 0 Å². The van der Waals surface area contributed by atoms with E-state index in [1.54, 1.807) is 0 Å². The lowest BCUT2D eigenvalue weighted by atomic mass is 10.1. The lowest BCUT2D eigenvalue weighted by molar-refractivity contribution is -0.143. The van der Waals surface area contributed by atoms with Crippen molar-refractivity contribution in [1.82, 2.24) is 15.1 Å². The lowest BCUT2D eigenvalue weighted by Gasteiger charge is -2.19. The van der Waals surface area contributed by atoms with Gasteiger partial charge in [-0.15, -0.1) is 0 Å². The number of nitrogens with zero attached hydrogens (tertiary/aromatic N) is 2. The Kier molecular flexibility index (Phi) is 5.26. The molecule has 1 fully saturated rings. The molecule has 1 aromatic heterocycles. The summed E-state index contributed by atoms with van der Waals surface area (Å²) < 4.78 is 37.5. The number of rotatable bonds is 3. The Morgan fingerprint density at radius 1 is 1.48 bits per heavy atom. The van der Waals surface area contributed by atoms with Crippen LogP contribution in [-0.2, 0) is 6.54 Å². The normalized spacial score (nSPS) is 20.1. The molecule has 0 amide bonds. The van der Waals surface area contributed by atoms with Crippen molar-refractivity contribution in [1.29, 1.82) is 0 Å². The lowest BCUT2D eigenvalue weighted by Crippen LogP contribution is -2.34. The molecule has 0 saturated carbocycles. The Morgan fingerprint density at radius 3 is 2.95 bits per heavy atom. The van der Waals surface area contributed by atoms with Crippen LogP contribution in [0.25, 0.3) is 0 Å². The monoisotopic (exact) mass is 368 g/mol. The number of hydrogen-bond acceptors (Lipinski definition) is 4. The molecule has 1 aromatic rings. The van der Waals surface area contributed by atoms with Gasteiger partial charge in [0, 0.05) is 12.6 Å². The van der Waals surface area contributed by atoms with E-state index in [4.69, 9.17) is 0 Å². The van der Waals surface area contributed by atoms with E-state index in [0.29, 0.717) is 10.4 Å². The molecule has 1 saturated heterocycles. The molecular formula is C12H16BrF3N4O. The van der Waals surface area contributed by atoms with Crippen LogP contribution in [0.4, 0.5) is 18.9 Å². The third kappa shape index (κ3) is 4.70. The van der Waals surface area contributed by atoms with Crippen LogP contribution in [0.5, 0.6) is 0 Å². The minimum absolute atomic E-state index is 0.0750. The van der Waals surface area contributed by atoms with Crippen LogP contribution < -0.4 is 16.2 Å². The van der Waals surface area contributed by atoms with Crippen molar-refractivity contribution in [3.63, 3.8) is 0 Å². The maximum Gasteiger partial charge on any atom is 0.408 e. The minimum atomic E-state index is -4.48. The smallest absolute Gasteiger partial charge is 0.379 e. The summed E-state index contributed by atoms with van der Waals surface area (Å²) in [5.41, 5.74) is -0.369. The van der Waals surface area contributed by atoms with Crippen LogP contribution in [0.15, 0.2) is 15.5 Å². The molecule has 1 aliphatic heterocycles. The van der Waals surface area contributed by atoms with Crippen molar-refractivity contribution in [2.45, 2.75) is 38.0 Å². The van der Waals surface area contributed by atoms with E-state index in [-0.39, 0.29) is 10.5 Å². The molecule has 0 spiro atoms. The summed E-state index contributed by atoms with van der Waals surface area (Å²) >= 11 is 3.06. The minimum Gasteiger partial charge on any atom is -0.379 e. The molecule has 21 heavy (non-hydrogen) atoms. The van der Waals surface area contributed by atoms with E-state index in [0.717, 1.165) is 32.4 Å². The molecule has 0 radical (unpaired) electrons. The zero-order chi connectivity index (χ0) is 15.5. The van der Waals surface area contributed by atoms with Gasteiger partial charge in [0.15, 0.2) is 0 Å². The van der Waals surface area contributed by atoms with Gasteiger partial charge in [0.25, 0.3) is 5.56 Å². The molecule has 9 heteroatoms. The van der Waals surface area contributed by atoms with E-state index in [2.05, 4.69) is 31.7 Å². The molecule has 0 bridgehead atoms. The maximum absolute atomic E-state index is 12.3. The second kappa shape index (κ2) is 6.78. The van der Waals surface area contributed by atoms with Gasteiger partial charge in [-0.3, -0.25) is 4.79 Å². The van der Waals surface area contributed by atoms with E-state index >= 15 is 0 Å². The van der Waals surface area contributed by atoms with Crippen LogP contribution in [0.2, 0.25) is 0 Å². The van der Waals surface area contributed by atoms with Gasteiger partial charge in [-0.1, -0.05) is 6.42 Å². The standard InChI is InChI=1S/C12H16BrF3N4O/c13-10-9(19-8-3-1-2-4-17-5-8)6-18-20(11(10)21)7-12(14,15)16/h6,8,17,19H,1-5,7H2. The van der Waals surface area contributed by atoms with E-state index < -0.39 is 18.3 Å². The Labute approximate surface area is 128 Å². The van der Waals surface area contributed by atoms with Gasteiger partial charge in [0.05, 0.1) is 11.9 Å². The van der Waals surface area contributed by atoms with E-state index in [1.165, 1.54) is 6.20 Å². The highest BCUT2D eigenvalue weighted by atomic mass is 79.9. The fraction of sp³-hybridized carbons (Fsp3) is 0.667. The number of hydrogen-bond donors (Lipinski definition) is 2. The molecule has 2 heterocycles. The number of alkyl halides is 3. The summed E-state index contributed by atoms with van der Waals surface area (Å²) in [6.45, 7) is 0.304. The fourth-order valence-corrected chi connectivity index (χ4v) is 2.63. The van der Waals surface area contributed by atoms with Gasteiger partial charge in [0.2, 0.25) is 0 Å². The second-order valence-corrected chi connectivity index (χ2v) is 5.78. The summed E-state index contributed by atoms with van der Waals surface area (Å²) in [7, 11) is 0. The topological polar surface area (TPSA) is 59.0 Å². The van der Waals surface area contributed by atoms with E-state index in [1.807, 2.05) is 0 Å². The first-order valence-corrected chi connectivity index (χ1v) is 7.46. The maximum atomic E-state index is 12.3. The quantitative estimate of drug-likeness (QED) is 0.857. The van der Waals surface area contributed by atoms with Gasteiger partial charge < -0.3 is 10.6 Å². The molecule has 1 aliphatic rings. The SMILES string of the molecule is O=c1c(Br)c(NC2CCCCNC2)cnn1CC(F)(F)F. The Morgan fingerprint density at radius 2 is 2.24 bits per heavy atom. The predicted octanol–water partition coefficient (Wildman–Crippen LogP) is 2.12. The van der Waals surface area contributed by atoms with Crippen molar-refractivity contribution >= 4 is 21.6 Å². The van der Waals surface area contributed by atoms with Crippen LogP contribution >= 0.6 is 15.9 Å². The fourth-order valence-electron chi connectivity index (χ4n) is 2.21. The number of anilines is 1. The number of halogens is 4. The summed E-state index contributed by atoms with van der Waals surface area (Å²) in [5, 5.41) is 10.0. The number of aromatic nitrogens is 2. The average molecular weight is 369 g/mol. The van der Waals surface area contributed by atoms with Crippen molar-refractivity contribution in [3.05, 3.63) is 21.0 Å². The molecule has 1 unspecified atom stereocenters. The predicted molar refractivity (Wildman–Crippen MR) is 76.4 cm³/mol. The number of nitrogens with one attached hydrogen (secondary N) is 2. The van der Waals surface area contributed by atoms with Crippen LogP contribution in [-0.4, -0.2) is 35.1 Å². The molecule has 118 valence electrons. The Hall–Kier alpha value is -1.09. The Balaban J connectivity index is 2.14. The van der Waals surface area contributed by atoms with Gasteiger partial charge in [-0.2, -0.15) is 18.3 Å². The average Bonchev–Trinajstić information content (AvgIpc) is 2.66. The van der Waals surface area contributed by atoms with Gasteiger partial charge >= 0.3 is 6.18 Å². The van der Waals surface area contributed by atoms with Crippen molar-refractivity contribution in [2.75, 3.05) is 18.4 Å². The zero-order valence-electron chi connectivity index (χ0n) is 11.2. The second-order valence-electron chi connectivity index (χ2n) is 4.99. The van der Waals surface area contributed by atoms with Crippen LogP contribution in [0.3, 0.4) is 0 Å². The van der Waals surface area contributed by atoms with Crippen LogP contribution in [0.1, 0.15) is 19.3 Å². The summed E-state index contributed by atoms with van der Waals surface area (Å²) in [6.07, 6.45) is -0.144. The van der Waals surface area contributed by atoms with Crippen molar-refractivity contribution in [3.8, 4) is 0 Å².